The minimum atomic E-state index is 0.0261. The largest absolute Gasteiger partial charge is 0.353 e. The highest BCUT2D eigenvalue weighted by Crippen LogP contribution is 2.30. The maximum Gasteiger partial charge on any atom is 0.227 e. The molecule has 0 bridgehead atoms. The highest BCUT2D eigenvalue weighted by atomic mass is 16.2. The maximum absolute atomic E-state index is 12.6. The van der Waals surface area contributed by atoms with Crippen molar-refractivity contribution in [1.29, 1.82) is 0 Å². The molecule has 1 aromatic carbocycles. The monoisotopic (exact) mass is 356 g/mol. The van der Waals surface area contributed by atoms with Crippen molar-refractivity contribution in [3.63, 3.8) is 0 Å². The predicted molar refractivity (Wildman–Crippen MR) is 105 cm³/mol. The fourth-order valence-corrected chi connectivity index (χ4v) is 4.24. The van der Waals surface area contributed by atoms with E-state index in [0.717, 1.165) is 44.2 Å². The van der Waals surface area contributed by atoms with Gasteiger partial charge in [0.1, 0.15) is 0 Å². The van der Waals surface area contributed by atoms with Crippen molar-refractivity contribution in [2.45, 2.75) is 77.2 Å². The minimum Gasteiger partial charge on any atom is -0.353 e. The van der Waals surface area contributed by atoms with E-state index in [1.165, 1.54) is 31.2 Å². The molecule has 2 N–H and O–H groups in total. The van der Waals surface area contributed by atoms with E-state index >= 15 is 0 Å². The summed E-state index contributed by atoms with van der Waals surface area (Å²) in [7, 11) is 0. The van der Waals surface area contributed by atoms with Crippen molar-refractivity contribution >= 4 is 17.5 Å². The summed E-state index contributed by atoms with van der Waals surface area (Å²) in [5.74, 6) is 0.422. The number of carbonyl (C=O) groups is 2. The van der Waals surface area contributed by atoms with Crippen LogP contribution in [0.25, 0.3) is 0 Å². The molecule has 0 radical (unpaired) electrons. The van der Waals surface area contributed by atoms with Gasteiger partial charge >= 0.3 is 0 Å². The first kappa shape index (κ1) is 18.9. The summed E-state index contributed by atoms with van der Waals surface area (Å²) < 4.78 is 0. The summed E-state index contributed by atoms with van der Waals surface area (Å²) in [5.41, 5.74) is 2.04. The van der Waals surface area contributed by atoms with Crippen molar-refractivity contribution in [3.05, 3.63) is 29.8 Å². The number of nitrogens with one attached hydrogen (secondary N) is 2. The van der Waals surface area contributed by atoms with Gasteiger partial charge in [-0.15, -0.1) is 0 Å². The Kier molecular flexibility index (Phi) is 6.70. The van der Waals surface area contributed by atoms with Crippen LogP contribution in [0.1, 0.15) is 69.8 Å². The van der Waals surface area contributed by atoms with Gasteiger partial charge in [-0.1, -0.05) is 43.4 Å². The fraction of sp³-hybridized carbons (Fsp3) is 0.636. The van der Waals surface area contributed by atoms with Gasteiger partial charge in [0.15, 0.2) is 0 Å². The van der Waals surface area contributed by atoms with Gasteiger partial charge in [-0.05, 0) is 57.6 Å². The number of carbonyl (C=O) groups excluding carboxylic acids is 2. The lowest BCUT2D eigenvalue weighted by atomic mass is 9.81. The van der Waals surface area contributed by atoms with Crippen molar-refractivity contribution in [1.82, 2.24) is 5.32 Å². The van der Waals surface area contributed by atoms with Gasteiger partial charge in [0, 0.05) is 23.6 Å². The van der Waals surface area contributed by atoms with Gasteiger partial charge in [0.05, 0.1) is 0 Å². The molecule has 3 rings (SSSR count). The van der Waals surface area contributed by atoms with Crippen LogP contribution in [0.4, 0.5) is 5.69 Å². The first-order valence-electron chi connectivity index (χ1n) is 10.3. The Morgan fingerprint density at radius 1 is 0.769 bits per heavy atom. The van der Waals surface area contributed by atoms with Crippen LogP contribution in [0.2, 0.25) is 0 Å². The summed E-state index contributed by atoms with van der Waals surface area (Å²) in [6.45, 7) is 2.03. The Balaban J connectivity index is 1.43. The van der Waals surface area contributed by atoms with Crippen LogP contribution < -0.4 is 10.6 Å². The fourth-order valence-electron chi connectivity index (χ4n) is 4.24. The lowest BCUT2D eigenvalue weighted by molar-refractivity contribution is -0.129. The van der Waals surface area contributed by atoms with Gasteiger partial charge < -0.3 is 10.6 Å². The van der Waals surface area contributed by atoms with Crippen LogP contribution >= 0.6 is 0 Å². The molecule has 0 atom stereocenters. The number of benzene rings is 1. The van der Waals surface area contributed by atoms with E-state index in [2.05, 4.69) is 10.6 Å². The predicted octanol–water partition coefficient (Wildman–Crippen LogP) is 4.58. The molecule has 4 nitrogen and oxygen atoms in total. The zero-order valence-electron chi connectivity index (χ0n) is 15.9. The highest BCUT2D eigenvalue weighted by molar-refractivity contribution is 5.92. The molecule has 2 aliphatic rings. The molecule has 2 aliphatic carbocycles. The first-order chi connectivity index (χ1) is 12.6. The Hall–Kier alpha value is -1.84. The van der Waals surface area contributed by atoms with Gasteiger partial charge in [-0.25, -0.2) is 0 Å². The van der Waals surface area contributed by atoms with E-state index in [1.54, 1.807) is 0 Å². The molecule has 2 saturated carbocycles. The molecule has 0 spiro atoms. The van der Waals surface area contributed by atoms with Gasteiger partial charge in [-0.2, -0.15) is 0 Å². The Bertz CT molecular complexity index is 595. The number of hydrogen-bond donors (Lipinski definition) is 2. The van der Waals surface area contributed by atoms with E-state index < -0.39 is 0 Å². The van der Waals surface area contributed by atoms with Crippen LogP contribution in [-0.2, 0) is 9.59 Å². The second-order valence-corrected chi connectivity index (χ2v) is 8.10. The first-order valence-corrected chi connectivity index (χ1v) is 10.3. The van der Waals surface area contributed by atoms with E-state index in [9.17, 15) is 9.59 Å². The van der Waals surface area contributed by atoms with Gasteiger partial charge in [-0.3, -0.25) is 9.59 Å². The number of anilines is 1. The average Bonchev–Trinajstić information content (AvgIpc) is 2.92. The van der Waals surface area contributed by atoms with Crippen LogP contribution in [-0.4, -0.2) is 17.9 Å². The van der Waals surface area contributed by atoms with Crippen LogP contribution in [0.3, 0.4) is 0 Å². The summed E-state index contributed by atoms with van der Waals surface area (Å²) in [6.07, 6.45) is 10.6. The third-order valence-corrected chi connectivity index (χ3v) is 5.99. The number of aryl methyl sites for hydroxylation is 1. The standard InChI is InChI=1S/C22H32N2O2/c1-16-8-14-20(15-9-16)24-22(26)18-12-10-17(11-13-18)21(25)23-19-6-4-2-3-5-7-19/h8-9,14-15,17-19H,2-7,10-13H2,1H3,(H,23,25)(H,24,26). The Morgan fingerprint density at radius 2 is 1.31 bits per heavy atom. The average molecular weight is 357 g/mol. The second kappa shape index (κ2) is 9.20. The van der Waals surface area contributed by atoms with Crippen molar-refractivity contribution in [2.75, 3.05) is 5.32 Å². The molecule has 0 saturated heterocycles. The lowest BCUT2D eigenvalue weighted by Gasteiger charge is -2.28. The normalized spacial score (nSPS) is 24.5. The Labute approximate surface area is 157 Å². The van der Waals surface area contributed by atoms with Gasteiger partial charge in [0.25, 0.3) is 0 Å². The molecule has 2 fully saturated rings. The van der Waals surface area contributed by atoms with Crippen molar-refractivity contribution in [2.24, 2.45) is 11.8 Å². The smallest absolute Gasteiger partial charge is 0.227 e. The Morgan fingerprint density at radius 3 is 1.88 bits per heavy atom. The minimum absolute atomic E-state index is 0.0261. The zero-order valence-corrected chi connectivity index (χ0v) is 15.9. The molecule has 2 amide bonds. The summed E-state index contributed by atoms with van der Waals surface area (Å²) in [5, 5.41) is 6.29. The van der Waals surface area contributed by atoms with E-state index in [-0.39, 0.29) is 23.7 Å². The molecule has 142 valence electrons. The van der Waals surface area contributed by atoms with Crippen molar-refractivity contribution in [3.8, 4) is 0 Å². The summed E-state index contributed by atoms with van der Waals surface area (Å²) in [6, 6.07) is 8.26. The van der Waals surface area contributed by atoms with Crippen LogP contribution in [0.5, 0.6) is 0 Å². The van der Waals surface area contributed by atoms with Crippen LogP contribution in [0, 0.1) is 18.8 Å². The molecule has 0 unspecified atom stereocenters. The molecule has 0 heterocycles. The van der Waals surface area contributed by atoms with Gasteiger partial charge in [0.2, 0.25) is 11.8 Å². The van der Waals surface area contributed by atoms with Crippen LogP contribution in [0.15, 0.2) is 24.3 Å². The van der Waals surface area contributed by atoms with E-state index in [0.29, 0.717) is 6.04 Å². The lowest BCUT2D eigenvalue weighted by Crippen LogP contribution is -2.40. The van der Waals surface area contributed by atoms with Crippen molar-refractivity contribution < 1.29 is 9.59 Å². The molecule has 0 aromatic heterocycles. The molecule has 0 aliphatic heterocycles. The summed E-state index contributed by atoms with van der Waals surface area (Å²) >= 11 is 0. The summed E-state index contributed by atoms with van der Waals surface area (Å²) in [4.78, 5) is 25.0. The molecule has 1 aromatic rings. The third-order valence-electron chi connectivity index (χ3n) is 5.99. The third kappa shape index (κ3) is 5.33. The molecular weight excluding hydrogens is 324 g/mol. The number of hydrogen-bond acceptors (Lipinski definition) is 2. The number of rotatable bonds is 4. The topological polar surface area (TPSA) is 58.2 Å². The highest BCUT2D eigenvalue weighted by Gasteiger charge is 2.30. The molecule has 4 heteroatoms. The quantitative estimate of drug-likeness (QED) is 0.776. The number of amides is 2. The SMILES string of the molecule is Cc1ccc(NC(=O)C2CCC(C(=O)NC3CCCCCC3)CC2)cc1. The van der Waals surface area contributed by atoms with E-state index in [1.807, 2.05) is 31.2 Å². The second-order valence-electron chi connectivity index (χ2n) is 8.10. The molecule has 26 heavy (non-hydrogen) atoms. The molecular formula is C22H32N2O2. The van der Waals surface area contributed by atoms with E-state index in [4.69, 9.17) is 0 Å². The maximum atomic E-state index is 12.6. The zero-order chi connectivity index (χ0) is 18.4.